The van der Waals surface area contributed by atoms with Crippen molar-refractivity contribution in [2.45, 2.75) is 12.5 Å². The summed E-state index contributed by atoms with van der Waals surface area (Å²) >= 11 is 0. The van der Waals surface area contributed by atoms with Crippen LogP contribution in [0.2, 0.25) is 0 Å². The van der Waals surface area contributed by atoms with Gasteiger partial charge in [-0.3, -0.25) is 0 Å². The molecule has 0 fully saturated rings. The third kappa shape index (κ3) is 5.65. The van der Waals surface area contributed by atoms with Crippen LogP contribution in [0.25, 0.3) is 0 Å². The van der Waals surface area contributed by atoms with Gasteiger partial charge in [0.2, 0.25) is 0 Å². The summed E-state index contributed by atoms with van der Waals surface area (Å²) in [5.41, 5.74) is 0. The zero-order chi connectivity index (χ0) is 10.4. The minimum atomic E-state index is -3.13. The molecule has 0 bridgehead atoms. The van der Waals surface area contributed by atoms with Crippen LogP contribution in [0.1, 0.15) is 0 Å². The van der Waals surface area contributed by atoms with Crippen molar-refractivity contribution in [3.8, 4) is 0 Å². The number of carboxylic acid groups (broad SMARTS) is 2. The molecule has 0 rings (SSSR count). The highest BCUT2D eigenvalue weighted by Gasteiger charge is 2.26. The van der Waals surface area contributed by atoms with Gasteiger partial charge in [-0.05, 0) is 0 Å². The van der Waals surface area contributed by atoms with E-state index in [0.29, 0.717) is 0 Å². The van der Waals surface area contributed by atoms with Gasteiger partial charge in [0.25, 0.3) is 6.43 Å². The lowest BCUT2D eigenvalue weighted by atomic mass is 10.4. The molecule has 2 N–H and O–H groups in total. The Kier molecular flexibility index (Phi) is 4.49. The molecule has 0 aliphatic carbocycles. The number of halogens is 2. The van der Waals surface area contributed by atoms with Crippen molar-refractivity contribution in [3.63, 3.8) is 0 Å². The van der Waals surface area contributed by atoms with Gasteiger partial charge in [0.15, 0.2) is 6.10 Å². The summed E-state index contributed by atoms with van der Waals surface area (Å²) in [7, 11) is 0. The highest BCUT2D eigenvalue weighted by Crippen LogP contribution is 2.06. The fraction of sp³-hybridized carbons (Fsp3) is 0.600. The summed E-state index contributed by atoms with van der Waals surface area (Å²) < 4.78 is 31.1. The fourth-order valence-corrected chi connectivity index (χ4v) is 0.441. The van der Waals surface area contributed by atoms with Crippen LogP contribution in [-0.2, 0) is 9.47 Å². The third-order valence-electron chi connectivity index (χ3n) is 0.904. The Balaban J connectivity index is 3.95. The molecule has 13 heavy (non-hydrogen) atoms. The molecule has 0 spiro atoms. The van der Waals surface area contributed by atoms with Gasteiger partial charge < -0.3 is 19.7 Å². The van der Waals surface area contributed by atoms with Crippen molar-refractivity contribution in [1.29, 1.82) is 0 Å². The zero-order valence-corrected chi connectivity index (χ0v) is 6.15. The van der Waals surface area contributed by atoms with Crippen molar-refractivity contribution < 1.29 is 38.1 Å². The second kappa shape index (κ2) is 5.12. The standard InChI is InChI=1S/C5H6F2O6/c6-3(7)2(13-5(10)11)1-12-4(8)9/h2-3H,1H2,(H,8,9)(H,10,11). The number of hydrogen-bond acceptors (Lipinski definition) is 4. The van der Waals surface area contributed by atoms with Crippen molar-refractivity contribution in [1.82, 2.24) is 0 Å². The Labute approximate surface area is 70.7 Å². The summed E-state index contributed by atoms with van der Waals surface area (Å²) in [6.45, 7) is -1.03. The largest absolute Gasteiger partial charge is 0.506 e. The SMILES string of the molecule is O=C(O)OCC(OC(=O)O)C(F)F. The van der Waals surface area contributed by atoms with Crippen LogP contribution in [0, 0.1) is 0 Å². The van der Waals surface area contributed by atoms with Crippen LogP contribution in [0.5, 0.6) is 0 Å². The highest BCUT2D eigenvalue weighted by molar-refractivity contribution is 5.58. The van der Waals surface area contributed by atoms with E-state index in [2.05, 4.69) is 9.47 Å². The number of ether oxygens (including phenoxy) is 2. The van der Waals surface area contributed by atoms with Gasteiger partial charge in [0, 0.05) is 0 Å². The van der Waals surface area contributed by atoms with Gasteiger partial charge in [-0.15, -0.1) is 0 Å². The second-order valence-electron chi connectivity index (χ2n) is 1.83. The van der Waals surface area contributed by atoms with E-state index in [-0.39, 0.29) is 0 Å². The Morgan fingerprint density at radius 3 is 2.08 bits per heavy atom. The molecule has 0 aliphatic rings. The van der Waals surface area contributed by atoms with Crippen LogP contribution >= 0.6 is 0 Å². The second-order valence-corrected chi connectivity index (χ2v) is 1.83. The first-order valence-electron chi connectivity index (χ1n) is 2.97. The maximum atomic E-state index is 11.8. The van der Waals surface area contributed by atoms with Crippen LogP contribution in [0.4, 0.5) is 18.4 Å². The van der Waals surface area contributed by atoms with E-state index < -0.39 is 31.4 Å². The van der Waals surface area contributed by atoms with Gasteiger partial charge in [-0.25, -0.2) is 18.4 Å². The molecule has 0 aromatic carbocycles. The van der Waals surface area contributed by atoms with E-state index in [1.807, 2.05) is 0 Å². The van der Waals surface area contributed by atoms with Gasteiger partial charge in [-0.2, -0.15) is 0 Å². The van der Waals surface area contributed by atoms with E-state index in [1.54, 1.807) is 0 Å². The molecule has 0 saturated carbocycles. The molecule has 76 valence electrons. The molecule has 0 amide bonds. The molecule has 0 radical (unpaired) electrons. The first-order valence-corrected chi connectivity index (χ1v) is 2.97. The number of carbonyl (C=O) groups is 2. The molecular formula is C5H6F2O6. The smallest absolute Gasteiger partial charge is 0.450 e. The first-order chi connectivity index (χ1) is 5.93. The quantitative estimate of drug-likeness (QED) is 0.657. The number of alkyl halides is 2. The van der Waals surface area contributed by atoms with Crippen molar-refractivity contribution >= 4 is 12.3 Å². The van der Waals surface area contributed by atoms with E-state index in [0.717, 1.165) is 0 Å². The average Bonchev–Trinajstić information content (AvgIpc) is 1.96. The lowest BCUT2D eigenvalue weighted by molar-refractivity contribution is -0.0658. The maximum Gasteiger partial charge on any atom is 0.506 e. The normalized spacial score (nSPS) is 12.2. The van der Waals surface area contributed by atoms with Gasteiger partial charge in [0.05, 0.1) is 0 Å². The minimum absolute atomic E-state index is 1.03. The van der Waals surface area contributed by atoms with E-state index >= 15 is 0 Å². The molecule has 0 aliphatic heterocycles. The molecule has 0 saturated heterocycles. The highest BCUT2D eigenvalue weighted by atomic mass is 19.3. The summed E-state index contributed by atoms with van der Waals surface area (Å²) in [5, 5.41) is 15.8. The van der Waals surface area contributed by atoms with Gasteiger partial charge in [-0.1, -0.05) is 0 Å². The summed E-state index contributed by atoms with van der Waals surface area (Å²) in [6.07, 6.45) is -8.91. The molecule has 0 aromatic rings. The molecule has 6 nitrogen and oxygen atoms in total. The molecule has 1 atom stereocenters. The van der Waals surface area contributed by atoms with Crippen LogP contribution in [0.15, 0.2) is 0 Å². The Hall–Kier alpha value is -1.60. The predicted octanol–water partition coefficient (Wildman–Crippen LogP) is 1.01. The summed E-state index contributed by atoms with van der Waals surface area (Å²) in [4.78, 5) is 19.5. The Bertz CT molecular complexity index is 193. The topological polar surface area (TPSA) is 93.1 Å². The Morgan fingerprint density at radius 1 is 1.23 bits per heavy atom. The Morgan fingerprint density at radius 2 is 1.77 bits per heavy atom. The van der Waals surface area contributed by atoms with E-state index in [4.69, 9.17) is 10.2 Å². The van der Waals surface area contributed by atoms with Gasteiger partial charge in [0.1, 0.15) is 6.61 Å². The first kappa shape index (κ1) is 11.4. The van der Waals surface area contributed by atoms with Crippen LogP contribution in [0.3, 0.4) is 0 Å². The summed E-state index contributed by atoms with van der Waals surface area (Å²) in [5.74, 6) is 0. The van der Waals surface area contributed by atoms with E-state index in [1.165, 1.54) is 0 Å². The van der Waals surface area contributed by atoms with E-state index in [9.17, 15) is 18.4 Å². The number of hydrogen-bond donors (Lipinski definition) is 2. The number of rotatable bonds is 4. The summed E-state index contributed by atoms with van der Waals surface area (Å²) in [6, 6.07) is 0. The fourth-order valence-electron chi connectivity index (χ4n) is 0.441. The van der Waals surface area contributed by atoms with Crippen LogP contribution < -0.4 is 0 Å². The molecular weight excluding hydrogens is 194 g/mol. The van der Waals surface area contributed by atoms with Crippen molar-refractivity contribution in [2.24, 2.45) is 0 Å². The molecule has 8 heteroatoms. The third-order valence-corrected chi connectivity index (χ3v) is 0.904. The molecule has 0 heterocycles. The zero-order valence-electron chi connectivity index (χ0n) is 6.15. The van der Waals surface area contributed by atoms with Crippen molar-refractivity contribution in [3.05, 3.63) is 0 Å². The molecule has 1 unspecified atom stereocenters. The predicted molar refractivity (Wildman–Crippen MR) is 32.9 cm³/mol. The minimum Gasteiger partial charge on any atom is -0.450 e. The average molecular weight is 200 g/mol. The monoisotopic (exact) mass is 200 g/mol. The van der Waals surface area contributed by atoms with Crippen LogP contribution in [-0.4, -0.2) is 41.7 Å². The lowest BCUT2D eigenvalue weighted by Crippen LogP contribution is -2.30. The maximum absolute atomic E-state index is 11.8. The lowest BCUT2D eigenvalue weighted by Gasteiger charge is -2.13. The van der Waals surface area contributed by atoms with Gasteiger partial charge >= 0.3 is 12.3 Å². The molecule has 0 aromatic heterocycles. The van der Waals surface area contributed by atoms with Crippen molar-refractivity contribution in [2.75, 3.05) is 6.61 Å².